The molecule has 2 aromatic rings. The number of methoxy groups -OCH3 is 2. The van der Waals surface area contributed by atoms with Crippen LogP contribution in [0.15, 0.2) is 71.3 Å². The van der Waals surface area contributed by atoms with E-state index in [-0.39, 0.29) is 34.0 Å². The number of hydrogen-bond acceptors (Lipinski definition) is 6. The number of phenolic OH excluding ortho intramolecular Hbond substituents is 2. The van der Waals surface area contributed by atoms with Crippen LogP contribution in [0.2, 0.25) is 0 Å². The number of aromatic hydroxyl groups is 2. The van der Waals surface area contributed by atoms with Crippen molar-refractivity contribution < 1.29 is 29.3 Å². The SMILES string of the molecule is COc1cc(/C=C(\C(=O)/C=C/C2=C(C)CCCC2(C)C)C(=O)/C=C/c2ccc(O)c(OC)c2)ccc1O. The van der Waals surface area contributed by atoms with Crippen LogP contribution in [-0.4, -0.2) is 36.0 Å². The molecule has 37 heavy (non-hydrogen) atoms. The molecule has 1 aliphatic rings. The standard InChI is InChI=1S/C31H34O6/c1-20-7-6-16-31(2,3)24(20)11-15-26(33)23(17-22-10-14-28(35)30(19-22)37-5)25(32)12-8-21-9-13-27(34)29(18-21)36-4/h8-15,17-19,34-35H,6-7,16H2,1-5H3/b12-8+,15-11+,23-17-. The highest BCUT2D eigenvalue weighted by Crippen LogP contribution is 2.40. The molecule has 2 N–H and O–H groups in total. The van der Waals surface area contributed by atoms with E-state index in [4.69, 9.17) is 9.47 Å². The van der Waals surface area contributed by atoms with E-state index < -0.39 is 11.6 Å². The number of benzene rings is 2. The predicted molar refractivity (Wildman–Crippen MR) is 146 cm³/mol. The van der Waals surface area contributed by atoms with Crippen molar-refractivity contribution in [3.63, 3.8) is 0 Å². The number of rotatable bonds is 9. The largest absolute Gasteiger partial charge is 0.504 e. The molecule has 194 valence electrons. The maximum absolute atomic E-state index is 13.4. The molecule has 6 nitrogen and oxygen atoms in total. The molecule has 0 amide bonds. The average molecular weight is 503 g/mol. The molecule has 0 saturated heterocycles. The maximum atomic E-state index is 13.4. The van der Waals surface area contributed by atoms with Crippen LogP contribution in [0.1, 0.15) is 51.2 Å². The number of allylic oxidation sites excluding steroid dienone is 6. The lowest BCUT2D eigenvalue weighted by atomic mass is 9.72. The molecule has 0 bridgehead atoms. The minimum atomic E-state index is -0.484. The second-order valence-electron chi connectivity index (χ2n) is 9.75. The van der Waals surface area contributed by atoms with Crippen molar-refractivity contribution in [3.05, 3.63) is 82.5 Å². The fraction of sp³-hybridized carbons (Fsp3) is 0.290. The number of ketones is 2. The van der Waals surface area contributed by atoms with Gasteiger partial charge in [0, 0.05) is 0 Å². The van der Waals surface area contributed by atoms with Gasteiger partial charge >= 0.3 is 0 Å². The maximum Gasteiger partial charge on any atom is 0.189 e. The summed E-state index contributed by atoms with van der Waals surface area (Å²) >= 11 is 0. The van der Waals surface area contributed by atoms with E-state index in [9.17, 15) is 19.8 Å². The van der Waals surface area contributed by atoms with Crippen LogP contribution in [0.5, 0.6) is 23.0 Å². The smallest absolute Gasteiger partial charge is 0.189 e. The summed E-state index contributed by atoms with van der Waals surface area (Å²) < 4.78 is 10.3. The van der Waals surface area contributed by atoms with E-state index in [1.165, 1.54) is 50.2 Å². The zero-order valence-corrected chi connectivity index (χ0v) is 22.0. The molecule has 0 aromatic heterocycles. The molecule has 0 unspecified atom stereocenters. The van der Waals surface area contributed by atoms with Gasteiger partial charge in [0.05, 0.1) is 19.8 Å². The van der Waals surface area contributed by atoms with Crippen LogP contribution < -0.4 is 9.47 Å². The Morgan fingerprint density at radius 1 is 0.865 bits per heavy atom. The van der Waals surface area contributed by atoms with Crippen LogP contribution in [0.25, 0.3) is 12.2 Å². The van der Waals surface area contributed by atoms with Crippen LogP contribution in [0, 0.1) is 5.41 Å². The van der Waals surface area contributed by atoms with Crippen molar-refractivity contribution in [2.45, 2.75) is 40.0 Å². The predicted octanol–water partition coefficient (Wildman–Crippen LogP) is 6.43. The summed E-state index contributed by atoms with van der Waals surface area (Å²) in [6.07, 6.45) is 10.8. The molecule has 1 aliphatic carbocycles. The summed E-state index contributed by atoms with van der Waals surface area (Å²) in [4.78, 5) is 26.6. The van der Waals surface area contributed by atoms with Gasteiger partial charge in [0.15, 0.2) is 34.6 Å². The summed E-state index contributed by atoms with van der Waals surface area (Å²) in [5, 5.41) is 19.7. The van der Waals surface area contributed by atoms with Gasteiger partial charge in [-0.15, -0.1) is 0 Å². The van der Waals surface area contributed by atoms with Crippen molar-refractivity contribution >= 4 is 23.7 Å². The van der Waals surface area contributed by atoms with E-state index in [2.05, 4.69) is 20.8 Å². The fourth-order valence-electron chi connectivity index (χ4n) is 4.53. The zero-order chi connectivity index (χ0) is 27.2. The summed E-state index contributed by atoms with van der Waals surface area (Å²) in [5.74, 6) is -0.446. The Hall–Kier alpha value is -4.06. The van der Waals surface area contributed by atoms with Gasteiger partial charge in [-0.3, -0.25) is 9.59 Å². The highest BCUT2D eigenvalue weighted by Gasteiger charge is 2.27. The first kappa shape index (κ1) is 27.5. The van der Waals surface area contributed by atoms with Gasteiger partial charge in [-0.1, -0.05) is 43.7 Å². The normalized spacial score (nSPS) is 15.9. The van der Waals surface area contributed by atoms with E-state index in [0.29, 0.717) is 11.1 Å². The van der Waals surface area contributed by atoms with Gasteiger partial charge in [0.25, 0.3) is 0 Å². The highest BCUT2D eigenvalue weighted by atomic mass is 16.5. The first-order chi connectivity index (χ1) is 17.6. The second-order valence-corrected chi connectivity index (χ2v) is 9.75. The van der Waals surface area contributed by atoms with Gasteiger partial charge in [-0.2, -0.15) is 0 Å². The van der Waals surface area contributed by atoms with E-state index >= 15 is 0 Å². The van der Waals surface area contributed by atoms with Crippen molar-refractivity contribution in [2.24, 2.45) is 5.41 Å². The van der Waals surface area contributed by atoms with Crippen LogP contribution in [-0.2, 0) is 9.59 Å². The van der Waals surface area contributed by atoms with Crippen molar-refractivity contribution in [1.82, 2.24) is 0 Å². The lowest BCUT2D eigenvalue weighted by Crippen LogP contribution is -2.19. The second kappa shape index (κ2) is 11.8. The highest BCUT2D eigenvalue weighted by molar-refractivity contribution is 6.30. The fourth-order valence-corrected chi connectivity index (χ4v) is 4.53. The van der Waals surface area contributed by atoms with Gasteiger partial charge in [-0.25, -0.2) is 0 Å². The number of ether oxygens (including phenoxy) is 2. The topological polar surface area (TPSA) is 93.1 Å². The number of hydrogen-bond donors (Lipinski definition) is 2. The summed E-state index contributed by atoms with van der Waals surface area (Å²) in [5.41, 5.74) is 3.46. The summed E-state index contributed by atoms with van der Waals surface area (Å²) in [6.45, 7) is 6.42. The summed E-state index contributed by atoms with van der Waals surface area (Å²) in [6, 6.07) is 9.31. The first-order valence-corrected chi connectivity index (χ1v) is 12.2. The van der Waals surface area contributed by atoms with Crippen LogP contribution in [0.3, 0.4) is 0 Å². The quantitative estimate of drug-likeness (QED) is 0.233. The van der Waals surface area contributed by atoms with Crippen molar-refractivity contribution in [3.8, 4) is 23.0 Å². The Kier molecular flexibility index (Phi) is 8.77. The van der Waals surface area contributed by atoms with E-state index in [1.807, 2.05) is 6.08 Å². The Bertz CT molecular complexity index is 1310. The minimum absolute atomic E-state index is 0.0108. The molecule has 0 aliphatic heterocycles. The lowest BCUT2D eigenvalue weighted by molar-refractivity contribution is -0.116. The molecule has 0 heterocycles. The van der Waals surface area contributed by atoms with Gasteiger partial charge in [0.2, 0.25) is 0 Å². The van der Waals surface area contributed by atoms with Crippen LogP contribution in [0.4, 0.5) is 0 Å². The van der Waals surface area contributed by atoms with Crippen molar-refractivity contribution in [2.75, 3.05) is 14.2 Å². The van der Waals surface area contributed by atoms with Crippen molar-refractivity contribution in [1.29, 1.82) is 0 Å². The Balaban J connectivity index is 1.99. The van der Waals surface area contributed by atoms with Gasteiger partial charge in [0.1, 0.15) is 0 Å². The molecule has 3 rings (SSSR count). The molecular formula is C31H34O6. The monoisotopic (exact) mass is 502 g/mol. The summed E-state index contributed by atoms with van der Waals surface area (Å²) in [7, 11) is 2.87. The minimum Gasteiger partial charge on any atom is -0.504 e. The third kappa shape index (κ3) is 6.79. The first-order valence-electron chi connectivity index (χ1n) is 12.2. The van der Waals surface area contributed by atoms with E-state index in [1.54, 1.807) is 30.3 Å². The molecular weight excluding hydrogens is 468 g/mol. The third-order valence-electron chi connectivity index (χ3n) is 6.62. The molecule has 6 heteroatoms. The average Bonchev–Trinajstić information content (AvgIpc) is 2.86. The molecule has 2 aromatic carbocycles. The molecule has 0 spiro atoms. The lowest BCUT2D eigenvalue weighted by Gasteiger charge is -2.32. The third-order valence-corrected chi connectivity index (χ3v) is 6.62. The molecule has 0 radical (unpaired) electrons. The number of carbonyl (C=O) groups is 2. The number of carbonyl (C=O) groups excluding carboxylic acids is 2. The zero-order valence-electron chi connectivity index (χ0n) is 22.0. The Morgan fingerprint density at radius 3 is 1.97 bits per heavy atom. The van der Waals surface area contributed by atoms with Gasteiger partial charge in [-0.05, 0) is 90.8 Å². The molecule has 0 saturated carbocycles. The molecule has 0 atom stereocenters. The number of phenols is 2. The van der Waals surface area contributed by atoms with Gasteiger partial charge < -0.3 is 19.7 Å². The molecule has 0 fully saturated rings. The Morgan fingerprint density at radius 2 is 1.41 bits per heavy atom. The van der Waals surface area contributed by atoms with E-state index in [0.717, 1.165) is 24.8 Å². The Labute approximate surface area is 218 Å². The van der Waals surface area contributed by atoms with Crippen LogP contribution >= 0.6 is 0 Å².